The number of hydrogen-bond donors (Lipinski definition) is 0. The fourth-order valence-electron chi connectivity index (χ4n) is 8.79. The van der Waals surface area contributed by atoms with E-state index in [0.29, 0.717) is 0 Å². The van der Waals surface area contributed by atoms with Crippen LogP contribution in [0.3, 0.4) is 0 Å². The summed E-state index contributed by atoms with van der Waals surface area (Å²) in [7, 11) is 0. The van der Waals surface area contributed by atoms with Crippen LogP contribution in [0.25, 0.3) is 77.3 Å². The molecule has 8 aromatic carbocycles. The number of hydrogen-bond acceptors (Lipinski definition) is 3. The van der Waals surface area contributed by atoms with E-state index in [9.17, 15) is 0 Å². The predicted molar refractivity (Wildman–Crippen MR) is 224 cm³/mol. The van der Waals surface area contributed by atoms with Gasteiger partial charge in [-0.2, -0.15) is 0 Å². The highest BCUT2D eigenvalue weighted by Gasteiger charge is 2.36. The standard InChI is InChI=1S/C51H35NO2/c1-51(2)43-20-10-9-19-38(43)39-26-24-37(29-44(39)51)52(36-18-11-17-34(27-36)32-13-5-3-6-14-32)45-21-12-22-46-50(45)42-31-48-41(30-49(42)53-46)40-25-23-35(28-47(40)54-48)33-15-7-4-8-16-33/h3-31H,1-2H3. The van der Waals surface area contributed by atoms with E-state index in [-0.39, 0.29) is 5.41 Å². The van der Waals surface area contributed by atoms with Crippen LogP contribution < -0.4 is 4.90 Å². The van der Waals surface area contributed by atoms with Gasteiger partial charge >= 0.3 is 0 Å². The van der Waals surface area contributed by atoms with Gasteiger partial charge < -0.3 is 13.7 Å². The summed E-state index contributed by atoms with van der Waals surface area (Å²) in [6, 6.07) is 62.9. The van der Waals surface area contributed by atoms with Crippen molar-refractivity contribution < 1.29 is 8.83 Å². The molecular weight excluding hydrogens is 659 g/mol. The fourth-order valence-corrected chi connectivity index (χ4v) is 8.79. The van der Waals surface area contributed by atoms with E-state index in [0.717, 1.165) is 72.1 Å². The van der Waals surface area contributed by atoms with Gasteiger partial charge in [-0.3, -0.25) is 0 Å². The second kappa shape index (κ2) is 11.6. The summed E-state index contributed by atoms with van der Waals surface area (Å²) in [4.78, 5) is 2.40. The minimum absolute atomic E-state index is 0.138. The number of furan rings is 2. The van der Waals surface area contributed by atoms with Crippen molar-refractivity contribution in [3.63, 3.8) is 0 Å². The average molecular weight is 694 g/mol. The normalized spacial score (nSPS) is 13.1. The first-order valence-corrected chi connectivity index (χ1v) is 18.6. The molecule has 2 heterocycles. The summed E-state index contributed by atoms with van der Waals surface area (Å²) in [6.45, 7) is 4.68. The van der Waals surface area contributed by atoms with Crippen LogP contribution in [0.4, 0.5) is 17.1 Å². The summed E-state index contributed by atoms with van der Waals surface area (Å²) < 4.78 is 13.3. The van der Waals surface area contributed by atoms with E-state index in [2.05, 4.69) is 189 Å². The SMILES string of the molecule is CC1(C)c2ccccc2-c2ccc(N(c3cccc(-c4ccccc4)c3)c3cccc4oc5cc6c(cc5c34)oc3cc(-c4ccccc4)ccc36)cc21. The zero-order chi connectivity index (χ0) is 36.0. The molecule has 1 aliphatic carbocycles. The molecule has 3 heteroatoms. The minimum atomic E-state index is -0.138. The monoisotopic (exact) mass is 693 g/mol. The van der Waals surface area contributed by atoms with Gasteiger partial charge in [-0.1, -0.05) is 129 Å². The zero-order valence-electron chi connectivity index (χ0n) is 30.0. The topological polar surface area (TPSA) is 29.5 Å². The van der Waals surface area contributed by atoms with Crippen LogP contribution in [-0.2, 0) is 5.41 Å². The van der Waals surface area contributed by atoms with Crippen LogP contribution in [-0.4, -0.2) is 0 Å². The van der Waals surface area contributed by atoms with E-state index < -0.39 is 0 Å². The van der Waals surface area contributed by atoms with E-state index in [4.69, 9.17) is 8.83 Å². The van der Waals surface area contributed by atoms with Gasteiger partial charge in [-0.25, -0.2) is 0 Å². The maximum atomic E-state index is 6.71. The quantitative estimate of drug-likeness (QED) is 0.180. The smallest absolute Gasteiger partial charge is 0.137 e. The Hall–Kier alpha value is -6.84. The molecule has 0 saturated heterocycles. The van der Waals surface area contributed by atoms with Gasteiger partial charge in [0.05, 0.1) is 11.1 Å². The molecule has 0 radical (unpaired) electrons. The summed E-state index contributed by atoms with van der Waals surface area (Å²) in [6.07, 6.45) is 0. The zero-order valence-corrected chi connectivity index (χ0v) is 30.0. The van der Waals surface area contributed by atoms with E-state index in [1.165, 1.54) is 33.4 Å². The highest BCUT2D eigenvalue weighted by molar-refractivity contribution is 6.19. The highest BCUT2D eigenvalue weighted by Crippen LogP contribution is 2.52. The van der Waals surface area contributed by atoms with Gasteiger partial charge in [0, 0.05) is 32.9 Å². The maximum Gasteiger partial charge on any atom is 0.137 e. The van der Waals surface area contributed by atoms with Crippen LogP contribution in [0.2, 0.25) is 0 Å². The Morgan fingerprint density at radius 1 is 0.389 bits per heavy atom. The van der Waals surface area contributed by atoms with Crippen molar-refractivity contribution in [1.82, 2.24) is 0 Å². The van der Waals surface area contributed by atoms with Crippen molar-refractivity contribution in [2.24, 2.45) is 0 Å². The van der Waals surface area contributed by atoms with Gasteiger partial charge in [-0.05, 0) is 105 Å². The summed E-state index contributed by atoms with van der Waals surface area (Å²) in [5.41, 5.74) is 16.4. The summed E-state index contributed by atoms with van der Waals surface area (Å²) in [5, 5.41) is 4.19. The number of benzene rings is 8. The van der Waals surface area contributed by atoms with Gasteiger partial charge in [0.25, 0.3) is 0 Å². The molecular formula is C51H35NO2. The van der Waals surface area contributed by atoms with Crippen LogP contribution in [0, 0.1) is 0 Å². The molecule has 0 unspecified atom stereocenters. The van der Waals surface area contributed by atoms with Crippen LogP contribution in [0.15, 0.2) is 185 Å². The van der Waals surface area contributed by atoms with Gasteiger partial charge in [-0.15, -0.1) is 0 Å². The largest absolute Gasteiger partial charge is 0.456 e. The number of anilines is 3. The van der Waals surface area contributed by atoms with Crippen molar-refractivity contribution >= 4 is 60.9 Å². The number of nitrogens with zero attached hydrogens (tertiary/aromatic N) is 1. The minimum Gasteiger partial charge on any atom is -0.456 e. The highest BCUT2D eigenvalue weighted by atomic mass is 16.3. The molecule has 0 N–H and O–H groups in total. The molecule has 11 rings (SSSR count). The molecule has 2 aromatic heterocycles. The van der Waals surface area contributed by atoms with E-state index >= 15 is 0 Å². The van der Waals surface area contributed by atoms with Crippen LogP contribution in [0.1, 0.15) is 25.0 Å². The molecule has 10 aromatic rings. The fraction of sp³-hybridized carbons (Fsp3) is 0.0588. The molecule has 256 valence electrons. The molecule has 0 atom stereocenters. The third kappa shape index (κ3) is 4.61. The third-order valence-electron chi connectivity index (χ3n) is 11.5. The molecule has 0 amide bonds. The Bertz CT molecular complexity index is 3080. The second-order valence-electron chi connectivity index (χ2n) is 14.9. The third-order valence-corrected chi connectivity index (χ3v) is 11.5. The molecule has 0 fully saturated rings. The van der Waals surface area contributed by atoms with Crippen molar-refractivity contribution in [2.45, 2.75) is 19.3 Å². The lowest BCUT2D eigenvalue weighted by Crippen LogP contribution is -2.16. The van der Waals surface area contributed by atoms with Gasteiger partial charge in [0.2, 0.25) is 0 Å². The average Bonchev–Trinajstić information content (AvgIpc) is 3.84. The van der Waals surface area contributed by atoms with Crippen LogP contribution in [0.5, 0.6) is 0 Å². The van der Waals surface area contributed by atoms with Gasteiger partial charge in [0.1, 0.15) is 22.3 Å². The van der Waals surface area contributed by atoms with Crippen molar-refractivity contribution in [2.75, 3.05) is 4.90 Å². The molecule has 3 nitrogen and oxygen atoms in total. The maximum absolute atomic E-state index is 6.71. The molecule has 0 spiro atoms. The molecule has 0 aliphatic heterocycles. The Kier molecular flexibility index (Phi) is 6.60. The summed E-state index contributed by atoms with van der Waals surface area (Å²) >= 11 is 0. The van der Waals surface area contributed by atoms with Gasteiger partial charge in [0.15, 0.2) is 0 Å². The lowest BCUT2D eigenvalue weighted by atomic mass is 9.82. The first kappa shape index (κ1) is 30.8. The van der Waals surface area contributed by atoms with Crippen molar-refractivity contribution in [3.8, 4) is 33.4 Å². The van der Waals surface area contributed by atoms with E-state index in [1.54, 1.807) is 0 Å². The number of fused-ring (bicyclic) bond motifs is 9. The number of rotatable bonds is 5. The van der Waals surface area contributed by atoms with Crippen molar-refractivity contribution in [3.05, 3.63) is 187 Å². The Morgan fingerprint density at radius 2 is 1.00 bits per heavy atom. The summed E-state index contributed by atoms with van der Waals surface area (Å²) in [5.74, 6) is 0. The second-order valence-corrected chi connectivity index (χ2v) is 14.9. The Labute approximate surface area is 313 Å². The van der Waals surface area contributed by atoms with E-state index in [1.807, 2.05) is 6.07 Å². The lowest BCUT2D eigenvalue weighted by molar-refractivity contribution is 0.660. The molecule has 0 saturated carbocycles. The molecule has 0 bridgehead atoms. The van der Waals surface area contributed by atoms with Crippen LogP contribution >= 0.6 is 0 Å². The first-order valence-electron chi connectivity index (χ1n) is 18.6. The Morgan fingerprint density at radius 3 is 1.81 bits per heavy atom. The molecule has 1 aliphatic rings. The first-order chi connectivity index (χ1) is 26.5. The predicted octanol–water partition coefficient (Wildman–Crippen LogP) is 14.6. The van der Waals surface area contributed by atoms with Crippen molar-refractivity contribution in [1.29, 1.82) is 0 Å². The lowest BCUT2D eigenvalue weighted by Gasteiger charge is -2.29. The Balaban J connectivity index is 1.14. The molecule has 54 heavy (non-hydrogen) atoms.